The topological polar surface area (TPSA) is 74.6 Å². The summed E-state index contributed by atoms with van der Waals surface area (Å²) in [5.74, 6) is -0.845. The molecule has 1 saturated carbocycles. The van der Waals surface area contributed by atoms with Gasteiger partial charge in [0.2, 0.25) is 0 Å². The number of ketones is 1. The standard InChI is InChI=1S/C22H30O4/c1-15-11-16(2)13-17(12-15)9-10-19-18(20(23)14-21(19)24)7-5-3-4-6-8-22(25)26/h9-13,18-19,21,24H,3-8,14H2,1-2H3,(H,25,26). The van der Waals surface area contributed by atoms with Crippen molar-refractivity contribution in [1.29, 1.82) is 0 Å². The Labute approximate surface area is 155 Å². The van der Waals surface area contributed by atoms with E-state index >= 15 is 0 Å². The third kappa shape index (κ3) is 6.10. The van der Waals surface area contributed by atoms with Gasteiger partial charge in [-0.2, -0.15) is 0 Å². The van der Waals surface area contributed by atoms with Gasteiger partial charge in [-0.25, -0.2) is 0 Å². The maximum atomic E-state index is 12.3. The van der Waals surface area contributed by atoms with Gasteiger partial charge in [-0.15, -0.1) is 0 Å². The third-order valence-corrected chi connectivity index (χ3v) is 5.14. The molecule has 1 aromatic rings. The average molecular weight is 358 g/mol. The van der Waals surface area contributed by atoms with Gasteiger partial charge in [0.05, 0.1) is 6.10 Å². The van der Waals surface area contributed by atoms with Gasteiger partial charge in [-0.1, -0.05) is 60.7 Å². The number of hydrogen-bond donors (Lipinski definition) is 2. The third-order valence-electron chi connectivity index (χ3n) is 5.14. The van der Waals surface area contributed by atoms with E-state index < -0.39 is 12.1 Å². The van der Waals surface area contributed by atoms with Crippen LogP contribution in [-0.4, -0.2) is 28.1 Å². The normalized spacial score (nSPS) is 23.0. The van der Waals surface area contributed by atoms with Crippen molar-refractivity contribution in [2.45, 2.75) is 64.9 Å². The number of hydrogen-bond acceptors (Lipinski definition) is 3. The molecule has 1 aliphatic carbocycles. The summed E-state index contributed by atoms with van der Waals surface area (Å²) in [6.45, 7) is 4.12. The zero-order valence-corrected chi connectivity index (χ0v) is 15.8. The molecule has 2 rings (SSSR count). The van der Waals surface area contributed by atoms with E-state index in [2.05, 4.69) is 32.0 Å². The van der Waals surface area contributed by atoms with E-state index in [1.54, 1.807) is 0 Å². The first-order valence-electron chi connectivity index (χ1n) is 9.56. The molecule has 142 valence electrons. The lowest BCUT2D eigenvalue weighted by molar-refractivity contribution is -0.137. The second-order valence-corrected chi connectivity index (χ2v) is 7.55. The number of carboxylic acids is 1. The summed E-state index contributed by atoms with van der Waals surface area (Å²) in [5, 5.41) is 18.9. The smallest absolute Gasteiger partial charge is 0.303 e. The second-order valence-electron chi connectivity index (χ2n) is 7.55. The summed E-state index contributed by atoms with van der Waals surface area (Å²) in [5.41, 5.74) is 3.50. The van der Waals surface area contributed by atoms with Crippen LogP contribution in [0, 0.1) is 25.7 Å². The van der Waals surface area contributed by atoms with E-state index in [0.717, 1.165) is 31.2 Å². The molecule has 1 aliphatic rings. The fourth-order valence-electron chi connectivity index (χ4n) is 3.91. The Bertz CT molecular complexity index is 642. The molecule has 0 aromatic heterocycles. The Morgan fingerprint density at radius 2 is 1.77 bits per heavy atom. The fraction of sp³-hybridized carbons (Fsp3) is 0.545. The Kier molecular flexibility index (Phi) is 7.58. The number of carbonyl (C=O) groups excluding carboxylic acids is 1. The van der Waals surface area contributed by atoms with Crippen molar-refractivity contribution < 1.29 is 19.8 Å². The number of rotatable bonds is 9. The van der Waals surface area contributed by atoms with Gasteiger partial charge in [-0.05, 0) is 32.3 Å². The number of unbranched alkanes of at least 4 members (excludes halogenated alkanes) is 3. The van der Waals surface area contributed by atoms with Crippen molar-refractivity contribution >= 4 is 17.8 Å². The Balaban J connectivity index is 1.91. The minimum Gasteiger partial charge on any atom is -0.481 e. The number of aliphatic hydroxyl groups is 1. The average Bonchev–Trinajstić information content (AvgIpc) is 2.81. The molecular formula is C22H30O4. The van der Waals surface area contributed by atoms with E-state index in [9.17, 15) is 14.7 Å². The highest BCUT2D eigenvalue weighted by Gasteiger charge is 2.39. The highest BCUT2D eigenvalue weighted by atomic mass is 16.4. The quantitative estimate of drug-likeness (QED) is 0.645. The van der Waals surface area contributed by atoms with Crippen LogP contribution in [0.2, 0.25) is 0 Å². The van der Waals surface area contributed by atoms with E-state index in [1.165, 1.54) is 11.1 Å². The number of carboxylic acid groups (broad SMARTS) is 1. The van der Waals surface area contributed by atoms with Crippen LogP contribution in [0.5, 0.6) is 0 Å². The van der Waals surface area contributed by atoms with Crippen LogP contribution in [0.3, 0.4) is 0 Å². The van der Waals surface area contributed by atoms with Gasteiger partial charge in [0.25, 0.3) is 0 Å². The van der Waals surface area contributed by atoms with Crippen LogP contribution in [0.15, 0.2) is 24.3 Å². The lowest BCUT2D eigenvalue weighted by atomic mass is 9.88. The minimum atomic E-state index is -0.754. The molecule has 0 saturated heterocycles. The summed E-state index contributed by atoms with van der Waals surface area (Å²) in [7, 11) is 0. The van der Waals surface area contributed by atoms with E-state index in [-0.39, 0.29) is 30.5 Å². The van der Waals surface area contributed by atoms with Gasteiger partial charge in [0.15, 0.2) is 0 Å². The largest absolute Gasteiger partial charge is 0.481 e. The van der Waals surface area contributed by atoms with Gasteiger partial charge in [0, 0.05) is 24.7 Å². The first-order chi connectivity index (χ1) is 12.4. The van der Waals surface area contributed by atoms with Crippen molar-refractivity contribution in [1.82, 2.24) is 0 Å². The van der Waals surface area contributed by atoms with Gasteiger partial charge in [0.1, 0.15) is 5.78 Å². The predicted molar refractivity (Wildman–Crippen MR) is 103 cm³/mol. The molecule has 4 nitrogen and oxygen atoms in total. The van der Waals surface area contributed by atoms with Crippen molar-refractivity contribution in [3.8, 4) is 0 Å². The zero-order valence-electron chi connectivity index (χ0n) is 15.8. The summed E-state index contributed by atoms with van der Waals surface area (Å²) in [6.07, 6.45) is 8.04. The van der Waals surface area contributed by atoms with Crippen molar-refractivity contribution in [2.75, 3.05) is 0 Å². The predicted octanol–water partition coefficient (Wildman–Crippen LogP) is 4.31. The molecule has 2 N–H and O–H groups in total. The van der Waals surface area contributed by atoms with Crippen molar-refractivity contribution in [3.63, 3.8) is 0 Å². The van der Waals surface area contributed by atoms with Crippen LogP contribution in [-0.2, 0) is 9.59 Å². The van der Waals surface area contributed by atoms with Gasteiger partial charge < -0.3 is 10.2 Å². The van der Waals surface area contributed by atoms with E-state index in [1.807, 2.05) is 12.2 Å². The van der Waals surface area contributed by atoms with Crippen LogP contribution in [0.25, 0.3) is 6.08 Å². The lowest BCUT2D eigenvalue weighted by Crippen LogP contribution is -2.18. The van der Waals surface area contributed by atoms with Crippen molar-refractivity contribution in [3.05, 3.63) is 41.0 Å². The van der Waals surface area contributed by atoms with E-state index in [4.69, 9.17) is 5.11 Å². The molecule has 4 heteroatoms. The number of Topliss-reactive ketones (excluding diaryl/α,β-unsaturated/α-hetero) is 1. The molecule has 26 heavy (non-hydrogen) atoms. The highest BCUT2D eigenvalue weighted by Crippen LogP contribution is 2.34. The molecule has 0 aliphatic heterocycles. The summed E-state index contributed by atoms with van der Waals surface area (Å²) >= 11 is 0. The monoisotopic (exact) mass is 358 g/mol. The van der Waals surface area contributed by atoms with Gasteiger partial charge >= 0.3 is 5.97 Å². The maximum Gasteiger partial charge on any atom is 0.303 e. The molecular weight excluding hydrogens is 328 g/mol. The molecule has 0 amide bonds. The molecule has 1 aromatic carbocycles. The Morgan fingerprint density at radius 1 is 1.12 bits per heavy atom. The number of benzene rings is 1. The highest BCUT2D eigenvalue weighted by molar-refractivity contribution is 5.84. The van der Waals surface area contributed by atoms with Crippen molar-refractivity contribution in [2.24, 2.45) is 11.8 Å². The first-order valence-corrected chi connectivity index (χ1v) is 9.56. The molecule has 1 fully saturated rings. The van der Waals surface area contributed by atoms with Crippen LogP contribution < -0.4 is 0 Å². The maximum absolute atomic E-state index is 12.3. The van der Waals surface area contributed by atoms with Crippen LogP contribution in [0.1, 0.15) is 61.6 Å². The second kappa shape index (κ2) is 9.67. The van der Waals surface area contributed by atoms with Crippen LogP contribution in [0.4, 0.5) is 0 Å². The lowest BCUT2D eigenvalue weighted by Gasteiger charge is -2.17. The molecule has 0 spiro atoms. The molecule has 0 bridgehead atoms. The number of aliphatic hydroxyl groups excluding tert-OH is 1. The number of carbonyl (C=O) groups is 2. The SMILES string of the molecule is Cc1cc(C)cc(C=CC2C(O)CC(=O)C2CCCCCCC(=O)O)c1. The van der Waals surface area contributed by atoms with Gasteiger partial charge in [-0.3, -0.25) is 9.59 Å². The minimum absolute atomic E-state index is 0.119. The summed E-state index contributed by atoms with van der Waals surface area (Å²) < 4.78 is 0. The molecule has 0 heterocycles. The number of aliphatic carboxylic acids is 1. The van der Waals surface area contributed by atoms with E-state index in [0.29, 0.717) is 6.42 Å². The number of aryl methyl sites for hydroxylation is 2. The molecule has 3 atom stereocenters. The Morgan fingerprint density at radius 3 is 2.42 bits per heavy atom. The molecule has 0 radical (unpaired) electrons. The fourth-order valence-corrected chi connectivity index (χ4v) is 3.91. The van der Waals surface area contributed by atoms with Crippen LogP contribution >= 0.6 is 0 Å². The first kappa shape index (κ1) is 20.4. The Hall–Kier alpha value is -1.94. The zero-order chi connectivity index (χ0) is 19.1. The summed E-state index contributed by atoms with van der Waals surface area (Å²) in [6, 6.07) is 6.33. The summed E-state index contributed by atoms with van der Waals surface area (Å²) in [4.78, 5) is 22.8. The molecule has 3 unspecified atom stereocenters.